The molecule has 2 rings (SSSR count). The van der Waals surface area contributed by atoms with E-state index in [-0.39, 0.29) is 12.1 Å². The van der Waals surface area contributed by atoms with Crippen molar-refractivity contribution in [3.63, 3.8) is 0 Å². The van der Waals surface area contributed by atoms with E-state index in [4.69, 9.17) is 10.5 Å². The first-order chi connectivity index (χ1) is 5.88. The lowest BCUT2D eigenvalue weighted by molar-refractivity contribution is 0.0870. The van der Waals surface area contributed by atoms with Crippen molar-refractivity contribution in [2.45, 2.75) is 25.0 Å². The minimum Gasteiger partial charge on any atom is -0.376 e. The molecule has 5 heteroatoms. The third kappa shape index (κ3) is 1.33. The van der Waals surface area contributed by atoms with Crippen molar-refractivity contribution in [1.82, 2.24) is 10.1 Å². The van der Waals surface area contributed by atoms with E-state index >= 15 is 0 Å². The lowest BCUT2D eigenvalue weighted by Crippen LogP contribution is -2.26. The lowest BCUT2D eigenvalue weighted by atomic mass is 10.1. The highest BCUT2D eigenvalue weighted by Crippen LogP contribution is 2.22. The fraction of sp³-hybridized carbons (Fsp3) is 0.714. The molecule has 0 bridgehead atoms. The second kappa shape index (κ2) is 3.20. The van der Waals surface area contributed by atoms with Crippen LogP contribution in [0.15, 0.2) is 10.9 Å². The van der Waals surface area contributed by atoms with Gasteiger partial charge in [0.2, 0.25) is 6.39 Å². The average molecular weight is 169 g/mol. The highest BCUT2D eigenvalue weighted by atomic mass is 16.5. The maximum absolute atomic E-state index is 5.83. The molecule has 2 N–H and O–H groups in total. The summed E-state index contributed by atoms with van der Waals surface area (Å²) in [6, 6.07) is -0.244. The zero-order valence-corrected chi connectivity index (χ0v) is 6.64. The molecule has 1 aromatic heterocycles. The van der Waals surface area contributed by atoms with Gasteiger partial charge in [0.25, 0.3) is 0 Å². The van der Waals surface area contributed by atoms with Crippen LogP contribution in [-0.4, -0.2) is 22.9 Å². The minimum absolute atomic E-state index is 0.0580. The van der Waals surface area contributed by atoms with Crippen LogP contribution in [0.25, 0.3) is 0 Å². The topological polar surface area (TPSA) is 74.2 Å². The van der Waals surface area contributed by atoms with E-state index in [2.05, 4.69) is 14.7 Å². The van der Waals surface area contributed by atoms with Crippen molar-refractivity contribution in [2.24, 2.45) is 5.73 Å². The molecule has 1 aliphatic heterocycles. The fourth-order valence-corrected chi connectivity index (χ4v) is 1.38. The summed E-state index contributed by atoms with van der Waals surface area (Å²) >= 11 is 0. The van der Waals surface area contributed by atoms with Crippen molar-refractivity contribution in [1.29, 1.82) is 0 Å². The third-order valence-electron chi connectivity index (χ3n) is 2.04. The third-order valence-corrected chi connectivity index (χ3v) is 2.04. The summed E-state index contributed by atoms with van der Waals surface area (Å²) in [4.78, 5) is 3.88. The molecule has 0 amide bonds. The number of nitrogens with two attached hydrogens (primary N) is 1. The standard InChI is InChI=1S/C7H11N3O2/c8-6(5-2-1-3-11-5)7-9-4-12-10-7/h4-6H,1-3,8H2. The van der Waals surface area contributed by atoms with Gasteiger partial charge in [-0.05, 0) is 12.8 Å². The first kappa shape index (κ1) is 7.70. The zero-order chi connectivity index (χ0) is 8.39. The summed E-state index contributed by atoms with van der Waals surface area (Å²) in [6.45, 7) is 0.788. The molecule has 1 aliphatic rings. The first-order valence-electron chi connectivity index (χ1n) is 4.01. The van der Waals surface area contributed by atoms with Crippen LogP contribution in [-0.2, 0) is 4.74 Å². The van der Waals surface area contributed by atoms with E-state index in [0.717, 1.165) is 19.4 Å². The van der Waals surface area contributed by atoms with Crippen molar-refractivity contribution >= 4 is 0 Å². The summed E-state index contributed by atoms with van der Waals surface area (Å²) in [6.07, 6.45) is 3.39. The first-order valence-corrected chi connectivity index (χ1v) is 4.01. The van der Waals surface area contributed by atoms with Crippen molar-refractivity contribution in [2.75, 3.05) is 6.61 Å². The number of hydrogen-bond acceptors (Lipinski definition) is 5. The van der Waals surface area contributed by atoms with E-state index in [0.29, 0.717) is 5.82 Å². The van der Waals surface area contributed by atoms with Crippen molar-refractivity contribution in [3.8, 4) is 0 Å². The van der Waals surface area contributed by atoms with Gasteiger partial charge in [0.15, 0.2) is 5.82 Å². The van der Waals surface area contributed by atoms with Gasteiger partial charge in [-0.2, -0.15) is 4.98 Å². The van der Waals surface area contributed by atoms with Crippen LogP contribution in [0.2, 0.25) is 0 Å². The second-order valence-corrected chi connectivity index (χ2v) is 2.87. The number of rotatable bonds is 2. The Hall–Kier alpha value is -0.940. The maximum Gasteiger partial charge on any atom is 0.213 e. The van der Waals surface area contributed by atoms with E-state index in [9.17, 15) is 0 Å². The Labute approximate surface area is 69.9 Å². The molecule has 1 fully saturated rings. The molecule has 66 valence electrons. The quantitative estimate of drug-likeness (QED) is 0.686. The SMILES string of the molecule is NC(c1ncon1)C1CCCO1. The largest absolute Gasteiger partial charge is 0.376 e. The summed E-state index contributed by atoms with van der Waals surface area (Å²) in [5.74, 6) is 0.530. The molecule has 0 radical (unpaired) electrons. The van der Waals surface area contributed by atoms with Gasteiger partial charge in [0, 0.05) is 6.61 Å². The number of nitrogens with zero attached hydrogens (tertiary/aromatic N) is 2. The molecule has 0 aliphatic carbocycles. The highest BCUT2D eigenvalue weighted by molar-refractivity contribution is 4.93. The number of ether oxygens (including phenoxy) is 1. The Morgan fingerprint density at radius 2 is 2.58 bits per heavy atom. The molecule has 2 heterocycles. The van der Waals surface area contributed by atoms with Gasteiger partial charge >= 0.3 is 0 Å². The van der Waals surface area contributed by atoms with Crippen LogP contribution < -0.4 is 5.73 Å². The van der Waals surface area contributed by atoms with Crippen molar-refractivity contribution < 1.29 is 9.26 Å². The molecular weight excluding hydrogens is 158 g/mol. The average Bonchev–Trinajstić information content (AvgIpc) is 2.77. The molecule has 0 spiro atoms. The lowest BCUT2D eigenvalue weighted by Gasteiger charge is -2.13. The Bertz CT molecular complexity index is 231. The van der Waals surface area contributed by atoms with Gasteiger partial charge in [-0.1, -0.05) is 5.16 Å². The molecule has 5 nitrogen and oxygen atoms in total. The summed E-state index contributed by atoms with van der Waals surface area (Å²) in [7, 11) is 0. The fourth-order valence-electron chi connectivity index (χ4n) is 1.38. The molecule has 1 aromatic rings. The molecule has 2 unspecified atom stereocenters. The molecular formula is C7H11N3O2. The van der Waals surface area contributed by atoms with Gasteiger partial charge in [-0.25, -0.2) is 0 Å². The van der Waals surface area contributed by atoms with Gasteiger partial charge in [0.05, 0.1) is 12.1 Å². The zero-order valence-electron chi connectivity index (χ0n) is 6.64. The summed E-state index contributed by atoms with van der Waals surface area (Å²) in [5.41, 5.74) is 5.83. The van der Waals surface area contributed by atoms with Gasteiger partial charge < -0.3 is 15.0 Å². The van der Waals surface area contributed by atoms with E-state index in [1.165, 1.54) is 6.39 Å². The Balaban J connectivity index is 2.04. The summed E-state index contributed by atoms with van der Waals surface area (Å²) < 4.78 is 9.99. The molecule has 0 aromatic carbocycles. The Kier molecular flexibility index (Phi) is 2.05. The van der Waals surface area contributed by atoms with E-state index in [1.54, 1.807) is 0 Å². The summed E-state index contributed by atoms with van der Waals surface area (Å²) in [5, 5.41) is 3.67. The Morgan fingerprint density at radius 3 is 3.17 bits per heavy atom. The molecule has 12 heavy (non-hydrogen) atoms. The predicted octanol–water partition coefficient (Wildman–Crippen LogP) is 0.248. The predicted molar refractivity (Wildman–Crippen MR) is 40.2 cm³/mol. The van der Waals surface area contributed by atoms with Crippen LogP contribution in [0.3, 0.4) is 0 Å². The van der Waals surface area contributed by atoms with Crippen LogP contribution in [0.4, 0.5) is 0 Å². The molecule has 1 saturated heterocycles. The van der Waals surface area contributed by atoms with Gasteiger partial charge in [0.1, 0.15) is 0 Å². The second-order valence-electron chi connectivity index (χ2n) is 2.87. The number of aromatic nitrogens is 2. The van der Waals surface area contributed by atoms with Crippen LogP contribution >= 0.6 is 0 Å². The Morgan fingerprint density at radius 1 is 1.67 bits per heavy atom. The minimum atomic E-state index is -0.244. The van der Waals surface area contributed by atoms with Crippen LogP contribution in [0, 0.1) is 0 Å². The van der Waals surface area contributed by atoms with E-state index in [1.807, 2.05) is 0 Å². The van der Waals surface area contributed by atoms with Gasteiger partial charge in [-0.15, -0.1) is 0 Å². The van der Waals surface area contributed by atoms with E-state index < -0.39 is 0 Å². The normalized spacial score (nSPS) is 25.9. The number of hydrogen-bond donors (Lipinski definition) is 1. The highest BCUT2D eigenvalue weighted by Gasteiger charge is 2.26. The van der Waals surface area contributed by atoms with Crippen LogP contribution in [0.5, 0.6) is 0 Å². The van der Waals surface area contributed by atoms with Crippen molar-refractivity contribution in [3.05, 3.63) is 12.2 Å². The smallest absolute Gasteiger partial charge is 0.213 e. The van der Waals surface area contributed by atoms with Crippen LogP contribution in [0.1, 0.15) is 24.7 Å². The maximum atomic E-state index is 5.83. The molecule has 0 saturated carbocycles. The monoisotopic (exact) mass is 169 g/mol. The van der Waals surface area contributed by atoms with Gasteiger partial charge in [-0.3, -0.25) is 0 Å². The molecule has 2 atom stereocenters.